The van der Waals surface area contributed by atoms with Crippen molar-refractivity contribution in [3.63, 3.8) is 0 Å². The highest BCUT2D eigenvalue weighted by Gasteiger charge is 2.66. The Morgan fingerprint density at radius 3 is 2.62 bits per heavy atom. The van der Waals surface area contributed by atoms with Gasteiger partial charge in [0.15, 0.2) is 0 Å². The Hall–Kier alpha value is -0.730. The summed E-state index contributed by atoms with van der Waals surface area (Å²) < 4.78 is 2.43. The molecule has 0 aliphatic heterocycles. The van der Waals surface area contributed by atoms with E-state index in [4.69, 9.17) is 28.2 Å². The van der Waals surface area contributed by atoms with Crippen LogP contribution < -0.4 is 0 Å². The molecule has 2 bridgehead atoms. The van der Waals surface area contributed by atoms with E-state index in [1.807, 2.05) is 19.1 Å². The van der Waals surface area contributed by atoms with Crippen LogP contribution in [0.5, 0.6) is 0 Å². The number of hydrogen-bond donors (Lipinski definition) is 0. The second-order valence-corrected chi connectivity index (χ2v) is 8.10. The SMILES string of the molecule is CC(Cl)c1nc2c(Cl)cccc2n1C1C2C3CCC(C3)C21. The minimum atomic E-state index is -0.0764. The molecule has 3 aliphatic carbocycles. The zero-order chi connectivity index (χ0) is 14.3. The first-order valence-electron chi connectivity index (χ1n) is 7.97. The molecule has 5 rings (SSSR count). The van der Waals surface area contributed by atoms with Crippen molar-refractivity contribution in [2.45, 2.75) is 37.6 Å². The van der Waals surface area contributed by atoms with Gasteiger partial charge in [-0.3, -0.25) is 0 Å². The molecule has 2 nitrogen and oxygen atoms in total. The van der Waals surface area contributed by atoms with Crippen LogP contribution in [0.15, 0.2) is 18.2 Å². The molecule has 0 radical (unpaired) electrons. The second-order valence-electron chi connectivity index (χ2n) is 7.04. The monoisotopic (exact) mass is 320 g/mol. The average molecular weight is 321 g/mol. The third-order valence-corrected chi connectivity index (χ3v) is 6.55. The van der Waals surface area contributed by atoms with E-state index < -0.39 is 0 Å². The van der Waals surface area contributed by atoms with Crippen molar-refractivity contribution in [1.29, 1.82) is 0 Å². The first-order valence-corrected chi connectivity index (χ1v) is 8.78. The Bertz CT molecular complexity index is 720. The van der Waals surface area contributed by atoms with Crippen LogP contribution in [0, 0.1) is 23.7 Å². The number of aromatic nitrogens is 2. The minimum Gasteiger partial charge on any atom is -0.323 e. The highest BCUT2D eigenvalue weighted by Crippen LogP contribution is 2.72. The fraction of sp³-hybridized carbons (Fsp3) is 0.588. The highest BCUT2D eigenvalue weighted by atomic mass is 35.5. The van der Waals surface area contributed by atoms with Crippen molar-refractivity contribution in [2.24, 2.45) is 23.7 Å². The molecule has 1 aromatic carbocycles. The largest absolute Gasteiger partial charge is 0.323 e. The lowest BCUT2D eigenvalue weighted by atomic mass is 10.0. The van der Waals surface area contributed by atoms with Gasteiger partial charge >= 0.3 is 0 Å². The van der Waals surface area contributed by atoms with Crippen molar-refractivity contribution in [2.75, 3.05) is 0 Å². The normalized spacial score (nSPS) is 38.0. The number of hydrogen-bond acceptors (Lipinski definition) is 1. The predicted octanol–water partition coefficient (Wildman–Crippen LogP) is 5.21. The number of nitrogens with zero attached hydrogens (tertiary/aromatic N) is 2. The molecule has 3 aliphatic rings. The quantitative estimate of drug-likeness (QED) is 0.695. The molecule has 0 amide bonds. The summed E-state index contributed by atoms with van der Waals surface area (Å²) >= 11 is 12.8. The van der Waals surface area contributed by atoms with E-state index in [9.17, 15) is 0 Å². The Labute approximate surface area is 134 Å². The van der Waals surface area contributed by atoms with Crippen molar-refractivity contribution < 1.29 is 0 Å². The second kappa shape index (κ2) is 4.17. The number of benzene rings is 1. The van der Waals surface area contributed by atoms with Crippen LogP contribution in [-0.4, -0.2) is 9.55 Å². The van der Waals surface area contributed by atoms with E-state index in [-0.39, 0.29) is 5.38 Å². The summed E-state index contributed by atoms with van der Waals surface area (Å²) in [4.78, 5) is 4.77. The lowest BCUT2D eigenvalue weighted by molar-refractivity contribution is 0.451. The Morgan fingerprint density at radius 2 is 1.95 bits per heavy atom. The van der Waals surface area contributed by atoms with E-state index in [2.05, 4.69) is 10.6 Å². The van der Waals surface area contributed by atoms with Gasteiger partial charge in [0.05, 0.1) is 15.9 Å². The third kappa shape index (κ3) is 1.58. The van der Waals surface area contributed by atoms with Crippen LogP contribution in [-0.2, 0) is 0 Å². The van der Waals surface area contributed by atoms with Crippen LogP contribution in [0.1, 0.15) is 43.4 Å². The molecule has 21 heavy (non-hydrogen) atoms. The topological polar surface area (TPSA) is 17.8 Å². The van der Waals surface area contributed by atoms with Gasteiger partial charge < -0.3 is 4.57 Å². The van der Waals surface area contributed by atoms with E-state index in [0.717, 1.165) is 40.0 Å². The molecule has 1 heterocycles. The summed E-state index contributed by atoms with van der Waals surface area (Å²) in [6.07, 6.45) is 4.33. The van der Waals surface area contributed by atoms with Gasteiger partial charge in [0.1, 0.15) is 11.3 Å². The van der Waals surface area contributed by atoms with Gasteiger partial charge in [-0.2, -0.15) is 0 Å². The maximum atomic E-state index is 6.42. The Kier molecular flexibility index (Phi) is 2.54. The van der Waals surface area contributed by atoms with Gasteiger partial charge in [-0.25, -0.2) is 4.98 Å². The standard InChI is InChI=1S/C17H18Cl2N2/c1-8(18)17-20-15-11(19)3-2-4-12(15)21(17)16-13-9-5-6-10(7-9)14(13)16/h2-4,8-10,13-14,16H,5-7H2,1H3. The molecule has 3 fully saturated rings. The number of fused-ring (bicyclic) bond motifs is 6. The Morgan fingerprint density at radius 1 is 1.24 bits per heavy atom. The molecule has 4 heteroatoms. The Balaban J connectivity index is 1.69. The van der Waals surface area contributed by atoms with Gasteiger partial charge in [-0.05, 0) is 62.0 Å². The maximum Gasteiger partial charge on any atom is 0.128 e. The summed E-state index contributed by atoms with van der Waals surface area (Å²) in [7, 11) is 0. The van der Waals surface area contributed by atoms with E-state index in [0.29, 0.717) is 6.04 Å². The summed E-state index contributed by atoms with van der Waals surface area (Å²) in [6.45, 7) is 2.01. The molecule has 5 unspecified atom stereocenters. The van der Waals surface area contributed by atoms with Crippen LogP contribution in [0.25, 0.3) is 11.0 Å². The number of halogens is 2. The van der Waals surface area contributed by atoms with Crippen LogP contribution >= 0.6 is 23.2 Å². The van der Waals surface area contributed by atoms with Crippen molar-refractivity contribution >= 4 is 34.2 Å². The fourth-order valence-corrected chi connectivity index (χ4v) is 5.68. The van der Waals surface area contributed by atoms with Crippen LogP contribution in [0.4, 0.5) is 0 Å². The van der Waals surface area contributed by atoms with Gasteiger partial charge in [0.25, 0.3) is 0 Å². The molecule has 1 aromatic heterocycles. The number of para-hydroxylation sites is 1. The lowest BCUT2D eigenvalue weighted by Crippen LogP contribution is -2.09. The van der Waals surface area contributed by atoms with Gasteiger partial charge in [-0.15, -0.1) is 11.6 Å². The summed E-state index contributed by atoms with van der Waals surface area (Å²) in [5.74, 6) is 4.63. The number of alkyl halides is 1. The zero-order valence-electron chi connectivity index (χ0n) is 12.0. The molecule has 2 aromatic rings. The molecule has 110 valence electrons. The molecular weight excluding hydrogens is 303 g/mol. The summed E-state index contributed by atoms with van der Waals surface area (Å²) in [6, 6.07) is 6.71. The van der Waals surface area contributed by atoms with E-state index >= 15 is 0 Å². The maximum absolute atomic E-state index is 6.42. The first kappa shape index (κ1) is 12.8. The molecule has 0 spiro atoms. The lowest BCUT2D eigenvalue weighted by Gasteiger charge is -2.15. The highest BCUT2D eigenvalue weighted by molar-refractivity contribution is 6.35. The molecule has 0 saturated heterocycles. The van der Waals surface area contributed by atoms with Crippen LogP contribution in [0.2, 0.25) is 5.02 Å². The van der Waals surface area contributed by atoms with E-state index in [1.54, 1.807) is 0 Å². The number of imidazole rings is 1. The number of rotatable bonds is 2. The predicted molar refractivity (Wildman–Crippen MR) is 85.9 cm³/mol. The zero-order valence-corrected chi connectivity index (χ0v) is 13.5. The molecule has 5 atom stereocenters. The van der Waals surface area contributed by atoms with Gasteiger partial charge in [0, 0.05) is 6.04 Å². The summed E-state index contributed by atoms with van der Waals surface area (Å²) in [5.41, 5.74) is 2.09. The smallest absolute Gasteiger partial charge is 0.128 e. The summed E-state index contributed by atoms with van der Waals surface area (Å²) in [5, 5.41) is 0.658. The van der Waals surface area contributed by atoms with Gasteiger partial charge in [0.2, 0.25) is 0 Å². The third-order valence-electron chi connectivity index (χ3n) is 6.05. The first-order chi connectivity index (χ1) is 10.2. The van der Waals surface area contributed by atoms with E-state index in [1.165, 1.54) is 24.8 Å². The average Bonchev–Trinajstić information content (AvgIpc) is 2.82. The van der Waals surface area contributed by atoms with Gasteiger partial charge in [-0.1, -0.05) is 17.7 Å². The van der Waals surface area contributed by atoms with Crippen molar-refractivity contribution in [1.82, 2.24) is 9.55 Å². The molecule has 0 N–H and O–H groups in total. The molecule has 3 saturated carbocycles. The fourth-order valence-electron chi connectivity index (χ4n) is 5.32. The van der Waals surface area contributed by atoms with Crippen LogP contribution in [0.3, 0.4) is 0 Å². The van der Waals surface area contributed by atoms with Crippen molar-refractivity contribution in [3.05, 3.63) is 29.0 Å². The molecular formula is C17H18Cl2N2. The van der Waals surface area contributed by atoms with Crippen molar-refractivity contribution in [3.8, 4) is 0 Å². The minimum absolute atomic E-state index is 0.0764.